The summed E-state index contributed by atoms with van der Waals surface area (Å²) in [7, 11) is 0. The number of halogens is 3. The largest absolute Gasteiger partial charge is 0.306 e. The summed E-state index contributed by atoms with van der Waals surface area (Å²) in [6.07, 6.45) is 0.835. The third-order valence-electron chi connectivity index (χ3n) is 3.44. The summed E-state index contributed by atoms with van der Waals surface area (Å²) in [4.78, 5) is 0. The predicted octanol–water partition coefficient (Wildman–Crippen LogP) is 4.50. The Bertz CT molecular complexity index is 623. The van der Waals surface area contributed by atoms with Crippen LogP contribution in [-0.4, -0.2) is 6.54 Å². The molecule has 21 heavy (non-hydrogen) atoms. The Morgan fingerprint density at radius 1 is 1.05 bits per heavy atom. The Labute approximate surface area is 122 Å². The molecule has 0 fully saturated rings. The van der Waals surface area contributed by atoms with Gasteiger partial charge >= 0.3 is 0 Å². The van der Waals surface area contributed by atoms with Crippen LogP contribution in [0.4, 0.5) is 13.2 Å². The first-order valence-corrected chi connectivity index (χ1v) is 6.98. The van der Waals surface area contributed by atoms with E-state index in [-0.39, 0.29) is 5.56 Å². The molecule has 0 amide bonds. The number of benzene rings is 2. The van der Waals surface area contributed by atoms with Gasteiger partial charge in [0.1, 0.15) is 5.82 Å². The smallest absolute Gasteiger partial charge is 0.163 e. The van der Waals surface area contributed by atoms with Crippen molar-refractivity contribution >= 4 is 0 Å². The maximum Gasteiger partial charge on any atom is 0.163 e. The second-order valence-electron chi connectivity index (χ2n) is 5.03. The van der Waals surface area contributed by atoms with Crippen LogP contribution in [0.5, 0.6) is 0 Å². The van der Waals surface area contributed by atoms with E-state index < -0.39 is 23.5 Å². The van der Waals surface area contributed by atoms with Crippen molar-refractivity contribution in [1.29, 1.82) is 0 Å². The van der Waals surface area contributed by atoms with Crippen LogP contribution in [0.3, 0.4) is 0 Å². The maximum absolute atomic E-state index is 14.1. The van der Waals surface area contributed by atoms with Crippen molar-refractivity contribution in [2.75, 3.05) is 6.54 Å². The zero-order valence-electron chi connectivity index (χ0n) is 12.1. The van der Waals surface area contributed by atoms with Gasteiger partial charge in [0, 0.05) is 5.56 Å². The quantitative estimate of drug-likeness (QED) is 0.855. The summed E-state index contributed by atoms with van der Waals surface area (Å²) in [5.74, 6) is -2.18. The molecule has 1 unspecified atom stereocenters. The molecular weight excluding hydrogens is 275 g/mol. The van der Waals surface area contributed by atoms with Gasteiger partial charge in [-0.2, -0.15) is 0 Å². The van der Waals surface area contributed by atoms with Gasteiger partial charge in [0.15, 0.2) is 11.6 Å². The first-order valence-electron chi connectivity index (χ1n) is 6.98. The fourth-order valence-corrected chi connectivity index (χ4v) is 2.34. The van der Waals surface area contributed by atoms with E-state index in [9.17, 15) is 13.2 Å². The Hall–Kier alpha value is -1.81. The molecule has 1 nitrogen and oxygen atoms in total. The van der Waals surface area contributed by atoms with Crippen LogP contribution in [-0.2, 0) is 0 Å². The van der Waals surface area contributed by atoms with Crippen molar-refractivity contribution in [1.82, 2.24) is 5.32 Å². The molecule has 0 heterocycles. The Balaban J connectivity index is 2.52. The second kappa shape index (κ2) is 6.76. The van der Waals surface area contributed by atoms with E-state index in [1.165, 1.54) is 24.3 Å². The number of hydrogen-bond acceptors (Lipinski definition) is 1. The Morgan fingerprint density at radius 3 is 2.52 bits per heavy atom. The number of rotatable bonds is 5. The topological polar surface area (TPSA) is 12.0 Å². The van der Waals surface area contributed by atoms with Crippen LogP contribution < -0.4 is 5.32 Å². The highest BCUT2D eigenvalue weighted by atomic mass is 19.2. The van der Waals surface area contributed by atoms with Crippen LogP contribution in [0.15, 0.2) is 36.4 Å². The zero-order valence-corrected chi connectivity index (χ0v) is 12.1. The summed E-state index contributed by atoms with van der Waals surface area (Å²) in [6, 6.07) is 7.86. The van der Waals surface area contributed by atoms with E-state index in [0.717, 1.165) is 18.1 Å². The number of aryl methyl sites for hydroxylation is 1. The highest BCUT2D eigenvalue weighted by Crippen LogP contribution is 2.28. The SMILES string of the molecule is CCCNC(c1cc(F)ccc1C)c1cccc(F)c1F. The molecular formula is C17H18F3N. The fraction of sp³-hybridized carbons (Fsp3) is 0.294. The van der Waals surface area contributed by atoms with Gasteiger partial charge < -0.3 is 5.32 Å². The summed E-state index contributed by atoms with van der Waals surface area (Å²) < 4.78 is 41.1. The Morgan fingerprint density at radius 2 is 1.81 bits per heavy atom. The van der Waals surface area contributed by atoms with Crippen molar-refractivity contribution < 1.29 is 13.2 Å². The van der Waals surface area contributed by atoms with Gasteiger partial charge in [-0.1, -0.05) is 25.1 Å². The number of hydrogen-bond donors (Lipinski definition) is 1. The lowest BCUT2D eigenvalue weighted by Crippen LogP contribution is -2.25. The van der Waals surface area contributed by atoms with Crippen molar-refractivity contribution in [3.05, 3.63) is 70.5 Å². The molecule has 0 bridgehead atoms. The highest BCUT2D eigenvalue weighted by Gasteiger charge is 2.21. The average molecular weight is 293 g/mol. The van der Waals surface area contributed by atoms with Gasteiger partial charge in [-0.05, 0) is 49.2 Å². The molecule has 0 spiro atoms. The minimum atomic E-state index is -0.898. The van der Waals surface area contributed by atoms with Crippen LogP contribution >= 0.6 is 0 Å². The van der Waals surface area contributed by atoms with E-state index in [1.807, 2.05) is 13.8 Å². The van der Waals surface area contributed by atoms with E-state index in [2.05, 4.69) is 5.32 Å². The molecule has 0 saturated carbocycles. The standard InChI is InChI=1S/C17H18F3N/c1-3-9-21-17(13-5-4-6-15(19)16(13)20)14-10-12(18)8-7-11(14)2/h4-8,10,17,21H,3,9H2,1-2H3. The molecule has 0 aliphatic rings. The van der Waals surface area contributed by atoms with Gasteiger partial charge in [0.05, 0.1) is 6.04 Å². The summed E-state index contributed by atoms with van der Waals surface area (Å²) >= 11 is 0. The van der Waals surface area contributed by atoms with Gasteiger partial charge in [-0.3, -0.25) is 0 Å². The molecule has 2 rings (SSSR count). The van der Waals surface area contributed by atoms with Crippen molar-refractivity contribution in [3.63, 3.8) is 0 Å². The molecule has 1 N–H and O–H groups in total. The lowest BCUT2D eigenvalue weighted by atomic mass is 9.94. The molecule has 2 aromatic carbocycles. The van der Waals surface area contributed by atoms with E-state index in [1.54, 1.807) is 6.07 Å². The molecule has 0 aliphatic heterocycles. The normalized spacial score (nSPS) is 12.4. The van der Waals surface area contributed by atoms with Crippen LogP contribution in [0.25, 0.3) is 0 Å². The molecule has 2 aromatic rings. The monoisotopic (exact) mass is 293 g/mol. The van der Waals surface area contributed by atoms with E-state index in [0.29, 0.717) is 12.1 Å². The van der Waals surface area contributed by atoms with Crippen LogP contribution in [0.2, 0.25) is 0 Å². The van der Waals surface area contributed by atoms with Gasteiger partial charge in [0.2, 0.25) is 0 Å². The van der Waals surface area contributed by atoms with E-state index >= 15 is 0 Å². The second-order valence-corrected chi connectivity index (χ2v) is 5.03. The average Bonchev–Trinajstić information content (AvgIpc) is 2.47. The van der Waals surface area contributed by atoms with Gasteiger partial charge in [-0.15, -0.1) is 0 Å². The minimum Gasteiger partial charge on any atom is -0.306 e. The summed E-state index contributed by atoms with van der Waals surface area (Å²) in [5, 5.41) is 3.16. The maximum atomic E-state index is 14.1. The van der Waals surface area contributed by atoms with Crippen molar-refractivity contribution in [2.45, 2.75) is 26.3 Å². The Kier molecular flexibility index (Phi) is 5.02. The van der Waals surface area contributed by atoms with Crippen LogP contribution in [0, 0.1) is 24.4 Å². The fourth-order valence-electron chi connectivity index (χ4n) is 2.34. The summed E-state index contributed by atoms with van der Waals surface area (Å²) in [5.41, 5.74) is 1.64. The third kappa shape index (κ3) is 3.45. The van der Waals surface area contributed by atoms with Crippen molar-refractivity contribution in [2.24, 2.45) is 0 Å². The summed E-state index contributed by atoms with van der Waals surface area (Å²) in [6.45, 7) is 4.42. The lowest BCUT2D eigenvalue weighted by Gasteiger charge is -2.22. The van der Waals surface area contributed by atoms with Gasteiger partial charge in [-0.25, -0.2) is 13.2 Å². The molecule has 112 valence electrons. The van der Waals surface area contributed by atoms with Gasteiger partial charge in [0.25, 0.3) is 0 Å². The molecule has 0 radical (unpaired) electrons. The first-order chi connectivity index (χ1) is 10.0. The van der Waals surface area contributed by atoms with E-state index in [4.69, 9.17) is 0 Å². The number of nitrogens with one attached hydrogen (secondary N) is 1. The zero-order chi connectivity index (χ0) is 15.4. The minimum absolute atomic E-state index is 0.192. The predicted molar refractivity (Wildman–Crippen MR) is 77.6 cm³/mol. The third-order valence-corrected chi connectivity index (χ3v) is 3.44. The first kappa shape index (κ1) is 15.6. The van der Waals surface area contributed by atoms with Crippen LogP contribution in [0.1, 0.15) is 36.1 Å². The highest BCUT2D eigenvalue weighted by molar-refractivity contribution is 5.38. The molecule has 0 aromatic heterocycles. The lowest BCUT2D eigenvalue weighted by molar-refractivity contribution is 0.479. The molecule has 4 heteroatoms. The van der Waals surface area contributed by atoms with Crippen molar-refractivity contribution in [3.8, 4) is 0 Å². The molecule has 0 aliphatic carbocycles. The molecule has 1 atom stereocenters. The molecule has 0 saturated heterocycles.